The van der Waals surface area contributed by atoms with Crippen LogP contribution in [0.2, 0.25) is 0 Å². The lowest BCUT2D eigenvalue weighted by molar-refractivity contribution is 0.0909. The van der Waals surface area contributed by atoms with E-state index < -0.39 is 0 Å². The Morgan fingerprint density at radius 3 is 3.30 bits per heavy atom. The Kier molecular flexibility index (Phi) is 2.97. The summed E-state index contributed by atoms with van der Waals surface area (Å²) in [6, 6.07) is 4.22. The molecule has 0 saturated carbocycles. The molecule has 3 unspecified atom stereocenters. The van der Waals surface area contributed by atoms with Gasteiger partial charge in [-0.2, -0.15) is 0 Å². The second-order valence-electron chi connectivity index (χ2n) is 5.85. The fraction of sp³-hybridized carbons (Fsp3) is 0.467. The molecule has 2 aromatic rings. The molecule has 2 aliphatic rings. The highest BCUT2D eigenvalue weighted by molar-refractivity contribution is 7.17. The Bertz CT molecular complexity index is 641. The second-order valence-corrected chi connectivity index (χ2v) is 6.80. The lowest BCUT2D eigenvalue weighted by atomic mass is 9.96. The average molecular weight is 287 g/mol. The first-order valence-corrected chi connectivity index (χ1v) is 8.02. The van der Waals surface area contributed by atoms with Crippen molar-refractivity contribution in [3.8, 4) is 0 Å². The number of nitrogens with zero attached hydrogens (tertiary/aromatic N) is 2. The first-order valence-electron chi connectivity index (χ1n) is 7.14. The van der Waals surface area contributed by atoms with E-state index in [1.807, 2.05) is 17.5 Å². The van der Waals surface area contributed by atoms with Crippen LogP contribution in [0.25, 0.3) is 10.2 Å². The number of aromatic nitrogens is 1. The molecule has 4 heterocycles. The summed E-state index contributed by atoms with van der Waals surface area (Å²) in [5, 5.41) is 5.18. The monoisotopic (exact) mass is 287 g/mol. The first kappa shape index (κ1) is 12.3. The number of hydrogen-bond acceptors (Lipinski definition) is 4. The summed E-state index contributed by atoms with van der Waals surface area (Å²) < 4.78 is 1.07. The number of fused-ring (bicyclic) bond motifs is 3. The third-order valence-electron chi connectivity index (χ3n) is 4.37. The summed E-state index contributed by atoms with van der Waals surface area (Å²) in [5.74, 6) is 0.784. The number of carbonyl (C=O) groups excluding carboxylic acids is 1. The van der Waals surface area contributed by atoms with E-state index >= 15 is 0 Å². The van der Waals surface area contributed by atoms with Crippen molar-refractivity contribution in [2.24, 2.45) is 5.92 Å². The van der Waals surface area contributed by atoms with Gasteiger partial charge in [-0.05, 0) is 42.8 Å². The molecule has 104 valence electrons. The van der Waals surface area contributed by atoms with E-state index in [1.165, 1.54) is 19.5 Å². The molecule has 2 aromatic heterocycles. The highest BCUT2D eigenvalue weighted by Crippen LogP contribution is 2.27. The van der Waals surface area contributed by atoms with E-state index in [-0.39, 0.29) is 5.91 Å². The fourth-order valence-corrected chi connectivity index (χ4v) is 4.18. The topological polar surface area (TPSA) is 45.2 Å². The molecule has 1 amide bonds. The molecule has 0 aromatic carbocycles. The first-order chi connectivity index (χ1) is 9.78. The number of carbonyl (C=O) groups is 1. The minimum atomic E-state index is 0.0142. The van der Waals surface area contributed by atoms with Crippen LogP contribution in [0.15, 0.2) is 23.7 Å². The summed E-state index contributed by atoms with van der Waals surface area (Å²) in [7, 11) is 0. The lowest BCUT2D eigenvalue weighted by Crippen LogP contribution is -2.47. The quantitative estimate of drug-likeness (QED) is 0.920. The molecular weight excluding hydrogens is 270 g/mol. The third kappa shape index (κ3) is 2.21. The smallest absolute Gasteiger partial charge is 0.253 e. The minimum Gasteiger partial charge on any atom is -0.348 e. The zero-order chi connectivity index (χ0) is 13.5. The molecule has 2 bridgehead atoms. The van der Waals surface area contributed by atoms with Crippen molar-refractivity contribution in [2.75, 3.05) is 19.6 Å². The van der Waals surface area contributed by atoms with Crippen molar-refractivity contribution < 1.29 is 4.79 Å². The Morgan fingerprint density at radius 2 is 2.40 bits per heavy atom. The minimum absolute atomic E-state index is 0.0142. The van der Waals surface area contributed by atoms with Crippen LogP contribution in [0.5, 0.6) is 0 Å². The highest BCUT2D eigenvalue weighted by atomic mass is 32.1. The number of nitrogens with one attached hydrogen (secondary N) is 1. The molecule has 2 saturated heterocycles. The zero-order valence-corrected chi connectivity index (χ0v) is 12.0. The van der Waals surface area contributed by atoms with Gasteiger partial charge in [0.25, 0.3) is 5.91 Å². The number of pyridine rings is 1. The van der Waals surface area contributed by atoms with Gasteiger partial charge in [0.15, 0.2) is 0 Å². The van der Waals surface area contributed by atoms with Gasteiger partial charge in [-0.3, -0.25) is 9.78 Å². The number of rotatable bonds is 2. The van der Waals surface area contributed by atoms with Gasteiger partial charge < -0.3 is 10.2 Å². The van der Waals surface area contributed by atoms with Crippen LogP contribution in [-0.2, 0) is 0 Å². The maximum absolute atomic E-state index is 12.3. The molecule has 4 rings (SSSR count). The molecule has 2 fully saturated rings. The van der Waals surface area contributed by atoms with Crippen molar-refractivity contribution in [1.29, 1.82) is 0 Å². The van der Waals surface area contributed by atoms with Crippen LogP contribution in [0, 0.1) is 5.92 Å². The summed E-state index contributed by atoms with van der Waals surface area (Å²) in [5.41, 5.74) is 1.64. The van der Waals surface area contributed by atoms with Crippen LogP contribution < -0.4 is 5.32 Å². The predicted molar refractivity (Wildman–Crippen MR) is 80.0 cm³/mol. The molecule has 1 N–H and O–H groups in total. The lowest BCUT2D eigenvalue weighted by Gasteiger charge is -2.30. The van der Waals surface area contributed by atoms with Gasteiger partial charge in [0.1, 0.15) is 0 Å². The standard InChI is InChI=1S/C15H17N3OS/c19-15(11-6-14-13(16-7-11)2-4-20-14)17-12-5-10-1-3-18(8-10)9-12/h2,4,6-7,10,12H,1,3,5,8-9H2,(H,17,19). The maximum atomic E-state index is 12.3. The van der Waals surface area contributed by atoms with Crippen LogP contribution in [0.1, 0.15) is 23.2 Å². The molecule has 0 spiro atoms. The summed E-state index contributed by atoms with van der Waals surface area (Å²) in [4.78, 5) is 19.1. The van der Waals surface area contributed by atoms with Crippen LogP contribution in [0.4, 0.5) is 0 Å². The molecule has 20 heavy (non-hydrogen) atoms. The normalized spacial score (nSPS) is 28.7. The fourth-order valence-electron chi connectivity index (χ4n) is 3.40. The molecule has 3 atom stereocenters. The molecule has 0 aliphatic carbocycles. The van der Waals surface area contributed by atoms with Crippen LogP contribution in [0.3, 0.4) is 0 Å². The summed E-state index contributed by atoms with van der Waals surface area (Å²) in [6.07, 6.45) is 4.09. The van der Waals surface area contributed by atoms with E-state index in [4.69, 9.17) is 0 Å². The number of piperidine rings is 1. The van der Waals surface area contributed by atoms with Crippen molar-refractivity contribution in [1.82, 2.24) is 15.2 Å². The largest absolute Gasteiger partial charge is 0.348 e. The van der Waals surface area contributed by atoms with Gasteiger partial charge >= 0.3 is 0 Å². The molecular formula is C15H17N3OS. The van der Waals surface area contributed by atoms with Crippen LogP contribution >= 0.6 is 11.3 Å². The zero-order valence-electron chi connectivity index (χ0n) is 11.2. The predicted octanol–water partition coefficient (Wildman–Crippen LogP) is 2.12. The Labute approximate surface area is 121 Å². The van der Waals surface area contributed by atoms with Gasteiger partial charge in [0.2, 0.25) is 0 Å². The second kappa shape index (κ2) is 4.82. The highest BCUT2D eigenvalue weighted by Gasteiger charge is 2.32. The molecule has 5 heteroatoms. The third-order valence-corrected chi connectivity index (χ3v) is 5.22. The maximum Gasteiger partial charge on any atom is 0.253 e. The Hall–Kier alpha value is -1.46. The van der Waals surface area contributed by atoms with Gasteiger partial charge in [-0.25, -0.2) is 0 Å². The van der Waals surface area contributed by atoms with Gasteiger partial charge in [-0.15, -0.1) is 11.3 Å². The summed E-state index contributed by atoms with van der Waals surface area (Å²) in [6.45, 7) is 3.41. The molecule has 4 nitrogen and oxygen atoms in total. The van der Waals surface area contributed by atoms with Gasteiger partial charge in [-0.1, -0.05) is 0 Å². The van der Waals surface area contributed by atoms with E-state index in [1.54, 1.807) is 17.5 Å². The van der Waals surface area contributed by atoms with Crippen LogP contribution in [-0.4, -0.2) is 41.5 Å². The van der Waals surface area contributed by atoms with Crippen molar-refractivity contribution in [3.05, 3.63) is 29.3 Å². The Morgan fingerprint density at radius 1 is 1.45 bits per heavy atom. The SMILES string of the molecule is O=C(NC1CC2CCN(C2)C1)c1cnc2ccsc2c1. The summed E-state index contributed by atoms with van der Waals surface area (Å²) >= 11 is 1.63. The Balaban J connectivity index is 1.49. The molecule has 2 aliphatic heterocycles. The van der Waals surface area contributed by atoms with Crippen molar-refractivity contribution in [3.63, 3.8) is 0 Å². The van der Waals surface area contributed by atoms with E-state index in [0.717, 1.165) is 29.1 Å². The molecule has 0 radical (unpaired) electrons. The van der Waals surface area contributed by atoms with Crippen molar-refractivity contribution in [2.45, 2.75) is 18.9 Å². The number of amides is 1. The van der Waals surface area contributed by atoms with E-state index in [0.29, 0.717) is 11.6 Å². The number of hydrogen-bond donors (Lipinski definition) is 1. The van der Waals surface area contributed by atoms with Crippen molar-refractivity contribution >= 4 is 27.5 Å². The van der Waals surface area contributed by atoms with Gasteiger partial charge in [0, 0.05) is 25.3 Å². The average Bonchev–Trinajstić information content (AvgIpc) is 3.04. The van der Waals surface area contributed by atoms with E-state index in [2.05, 4.69) is 15.2 Å². The van der Waals surface area contributed by atoms with Gasteiger partial charge in [0.05, 0.1) is 15.8 Å². The number of thiophene rings is 1. The van der Waals surface area contributed by atoms with E-state index in [9.17, 15) is 4.79 Å².